The molecular formula is C27H25FN6. The molecule has 2 aromatic carbocycles. The number of rotatable bonds is 3. The third-order valence-electron chi connectivity index (χ3n) is 8.53. The molecule has 4 aromatic rings. The van der Waals surface area contributed by atoms with Gasteiger partial charge in [0, 0.05) is 17.6 Å². The fourth-order valence-electron chi connectivity index (χ4n) is 7.14. The van der Waals surface area contributed by atoms with Gasteiger partial charge in [-0.1, -0.05) is 24.3 Å². The smallest absolute Gasteiger partial charge is 0.148 e. The summed E-state index contributed by atoms with van der Waals surface area (Å²) in [5, 5.41) is 25.5. The zero-order valence-electron chi connectivity index (χ0n) is 18.9. The van der Waals surface area contributed by atoms with Gasteiger partial charge < -0.3 is 5.32 Å². The van der Waals surface area contributed by atoms with Crippen LogP contribution in [-0.4, -0.2) is 20.0 Å². The predicted octanol–water partition coefficient (Wildman–Crippen LogP) is 5.95. The van der Waals surface area contributed by atoms with Crippen LogP contribution >= 0.6 is 0 Å². The van der Waals surface area contributed by atoms with Gasteiger partial charge in [0.05, 0.1) is 35.2 Å². The van der Waals surface area contributed by atoms with Crippen LogP contribution in [0.25, 0.3) is 22.2 Å². The lowest BCUT2D eigenvalue weighted by atomic mass is 9.67. The maximum atomic E-state index is 15.3. The minimum atomic E-state index is -0.335. The van der Waals surface area contributed by atoms with Crippen LogP contribution in [0.15, 0.2) is 48.8 Å². The number of anilines is 1. The van der Waals surface area contributed by atoms with Crippen molar-refractivity contribution < 1.29 is 4.39 Å². The van der Waals surface area contributed by atoms with E-state index in [2.05, 4.69) is 50.9 Å². The molecule has 170 valence electrons. The average molecular weight is 453 g/mol. The van der Waals surface area contributed by atoms with Crippen molar-refractivity contribution in [2.24, 2.45) is 17.8 Å². The van der Waals surface area contributed by atoms with Crippen molar-refractivity contribution in [2.45, 2.75) is 44.2 Å². The molecule has 0 amide bonds. The van der Waals surface area contributed by atoms with Crippen molar-refractivity contribution in [1.82, 2.24) is 20.0 Å². The molecule has 3 aliphatic rings. The summed E-state index contributed by atoms with van der Waals surface area (Å²) in [5.41, 5.74) is 5.69. The number of aromatic amines is 1. The van der Waals surface area contributed by atoms with Crippen molar-refractivity contribution in [1.29, 1.82) is 5.26 Å². The normalized spacial score (nSPS) is 27.7. The van der Waals surface area contributed by atoms with Gasteiger partial charge >= 0.3 is 0 Å². The molecule has 2 fully saturated rings. The Morgan fingerprint density at radius 3 is 2.82 bits per heavy atom. The van der Waals surface area contributed by atoms with Crippen LogP contribution in [0.3, 0.4) is 0 Å². The molecule has 0 radical (unpaired) electrons. The number of benzene rings is 2. The number of aromatic nitrogens is 4. The second-order valence-electron chi connectivity index (χ2n) is 10.1. The lowest BCUT2D eigenvalue weighted by Gasteiger charge is -2.44. The van der Waals surface area contributed by atoms with Crippen LogP contribution in [0.5, 0.6) is 0 Å². The van der Waals surface area contributed by atoms with Gasteiger partial charge in [-0.05, 0) is 72.6 Å². The molecule has 3 heterocycles. The maximum Gasteiger partial charge on any atom is 0.148 e. The molecule has 6 unspecified atom stereocenters. The van der Waals surface area contributed by atoms with E-state index < -0.39 is 0 Å². The summed E-state index contributed by atoms with van der Waals surface area (Å²) in [5.74, 6) is 1.86. The van der Waals surface area contributed by atoms with Gasteiger partial charge in [0.15, 0.2) is 0 Å². The van der Waals surface area contributed by atoms with Gasteiger partial charge in [-0.25, -0.2) is 9.07 Å². The summed E-state index contributed by atoms with van der Waals surface area (Å²) in [4.78, 5) is 0. The monoisotopic (exact) mass is 452 g/mol. The van der Waals surface area contributed by atoms with Crippen LogP contribution in [0, 0.1) is 34.9 Å². The Morgan fingerprint density at radius 2 is 2.00 bits per heavy atom. The van der Waals surface area contributed by atoms with Crippen molar-refractivity contribution in [3.8, 4) is 17.3 Å². The lowest BCUT2D eigenvalue weighted by molar-refractivity contribution is 0.247. The number of halogens is 1. The highest BCUT2D eigenvalue weighted by atomic mass is 19.1. The molecule has 2 aromatic heterocycles. The second kappa shape index (κ2) is 7.17. The van der Waals surface area contributed by atoms with Crippen molar-refractivity contribution >= 4 is 16.6 Å². The van der Waals surface area contributed by atoms with E-state index in [9.17, 15) is 5.26 Å². The van der Waals surface area contributed by atoms with E-state index in [1.54, 1.807) is 16.9 Å². The number of nitrogens with one attached hydrogen (secondary N) is 2. The van der Waals surface area contributed by atoms with E-state index in [0.29, 0.717) is 29.4 Å². The quantitative estimate of drug-likeness (QED) is 0.403. The molecule has 0 spiro atoms. The molecule has 6 atom stereocenters. The third-order valence-corrected chi connectivity index (χ3v) is 8.53. The van der Waals surface area contributed by atoms with Gasteiger partial charge in [0.25, 0.3) is 0 Å². The Bertz CT molecular complexity index is 1440. The lowest BCUT2D eigenvalue weighted by Crippen LogP contribution is -2.36. The first kappa shape index (κ1) is 19.8. The van der Waals surface area contributed by atoms with Crippen LogP contribution in [0.1, 0.15) is 55.3 Å². The largest absolute Gasteiger partial charge is 0.375 e. The predicted molar refractivity (Wildman–Crippen MR) is 127 cm³/mol. The zero-order valence-corrected chi connectivity index (χ0v) is 18.9. The average Bonchev–Trinajstić information content (AvgIpc) is 3.67. The van der Waals surface area contributed by atoms with E-state index in [0.717, 1.165) is 27.7 Å². The Hall–Kier alpha value is -3.66. The van der Waals surface area contributed by atoms with E-state index >= 15 is 4.39 Å². The van der Waals surface area contributed by atoms with Crippen LogP contribution in [-0.2, 0) is 0 Å². The van der Waals surface area contributed by atoms with Gasteiger partial charge in [-0.15, -0.1) is 0 Å². The Labute approximate surface area is 196 Å². The molecule has 2 N–H and O–H groups in total. The van der Waals surface area contributed by atoms with Crippen molar-refractivity contribution in [3.63, 3.8) is 0 Å². The third kappa shape index (κ3) is 2.65. The summed E-state index contributed by atoms with van der Waals surface area (Å²) in [6.07, 6.45) is 7.31. The highest BCUT2D eigenvalue weighted by Gasteiger charge is 2.54. The fourth-order valence-corrected chi connectivity index (χ4v) is 7.14. The Morgan fingerprint density at radius 1 is 1.18 bits per heavy atom. The number of fused-ring (bicyclic) bond motifs is 9. The topological polar surface area (TPSA) is 82.3 Å². The van der Waals surface area contributed by atoms with Gasteiger partial charge in [0.1, 0.15) is 11.9 Å². The van der Waals surface area contributed by atoms with E-state index in [4.69, 9.17) is 0 Å². The van der Waals surface area contributed by atoms with Crippen molar-refractivity contribution in [3.05, 3.63) is 65.7 Å². The van der Waals surface area contributed by atoms with E-state index in [1.807, 2.05) is 19.2 Å². The van der Waals surface area contributed by atoms with Gasteiger partial charge in [-0.3, -0.25) is 5.10 Å². The first-order valence-electron chi connectivity index (χ1n) is 12.1. The number of nitrogens with zero attached hydrogens (tertiary/aromatic N) is 4. The number of hydrogen-bond acceptors (Lipinski definition) is 4. The highest BCUT2D eigenvalue weighted by Crippen LogP contribution is 2.64. The molecule has 2 aliphatic carbocycles. The molecule has 2 bridgehead atoms. The standard InChI is InChI=1S/C27H25FN6/c1-14(12-29)34-22(8-9-31-34)15-2-4-16(5-3-15)26-24-18-7-6-17(10-18)23(24)25-19-13-30-33-21(19)11-20(28)27(25)32-26/h2-5,8-9,11,13-14,17-18,23-24,26,32H,6-7,10H2,1H3,(H,30,33). The van der Waals surface area contributed by atoms with Crippen molar-refractivity contribution in [2.75, 3.05) is 5.32 Å². The number of H-pyrrole nitrogens is 1. The van der Waals surface area contributed by atoms with E-state index in [-0.39, 0.29) is 17.9 Å². The molecule has 7 rings (SSSR count). The van der Waals surface area contributed by atoms with Crippen LogP contribution in [0.4, 0.5) is 10.1 Å². The summed E-state index contributed by atoms with van der Waals surface area (Å²) in [6, 6.07) is 14.0. The zero-order chi connectivity index (χ0) is 23.0. The highest BCUT2D eigenvalue weighted by molar-refractivity contribution is 5.89. The summed E-state index contributed by atoms with van der Waals surface area (Å²) >= 11 is 0. The number of nitriles is 1. The molecular weight excluding hydrogens is 427 g/mol. The molecule has 2 saturated carbocycles. The second-order valence-corrected chi connectivity index (χ2v) is 10.1. The molecule has 6 nitrogen and oxygen atoms in total. The number of hydrogen-bond donors (Lipinski definition) is 2. The first-order chi connectivity index (χ1) is 16.6. The van der Waals surface area contributed by atoms with Gasteiger partial charge in [-0.2, -0.15) is 15.5 Å². The van der Waals surface area contributed by atoms with Crippen LogP contribution in [0.2, 0.25) is 0 Å². The summed E-state index contributed by atoms with van der Waals surface area (Å²) in [6.45, 7) is 1.84. The molecule has 7 heteroatoms. The minimum absolute atomic E-state index is 0.0728. The summed E-state index contributed by atoms with van der Waals surface area (Å²) < 4.78 is 17.1. The van der Waals surface area contributed by atoms with Crippen LogP contribution < -0.4 is 5.32 Å². The molecule has 0 saturated heterocycles. The summed E-state index contributed by atoms with van der Waals surface area (Å²) in [7, 11) is 0. The Kier molecular flexibility index (Phi) is 4.17. The molecule has 1 aliphatic heterocycles. The van der Waals surface area contributed by atoms with E-state index in [1.165, 1.54) is 24.8 Å². The minimum Gasteiger partial charge on any atom is -0.375 e. The maximum absolute atomic E-state index is 15.3. The Balaban J connectivity index is 1.31. The SMILES string of the molecule is CC(C#N)n1nccc1-c1ccc(C2Nc3c(F)cc4[nH]ncc4c3C3C4CCC(C4)C23)cc1. The molecule has 34 heavy (non-hydrogen) atoms. The fraction of sp³-hybridized carbons (Fsp3) is 0.370. The first-order valence-corrected chi connectivity index (χ1v) is 12.1. The van der Waals surface area contributed by atoms with Gasteiger partial charge in [0.2, 0.25) is 0 Å².